The van der Waals surface area contributed by atoms with E-state index in [9.17, 15) is 9.59 Å². The van der Waals surface area contributed by atoms with Crippen LogP contribution < -0.4 is 10.9 Å². The highest BCUT2D eigenvalue weighted by Crippen LogP contribution is 2.33. The molecule has 1 N–H and O–H groups in total. The first-order valence-electron chi connectivity index (χ1n) is 10.1. The van der Waals surface area contributed by atoms with Gasteiger partial charge in [0.15, 0.2) is 0 Å². The lowest BCUT2D eigenvalue weighted by Gasteiger charge is -2.19. The summed E-state index contributed by atoms with van der Waals surface area (Å²) in [6, 6.07) is 11.3. The van der Waals surface area contributed by atoms with Gasteiger partial charge in [0.2, 0.25) is 5.91 Å². The molecule has 0 fully saturated rings. The van der Waals surface area contributed by atoms with E-state index in [1.165, 1.54) is 4.68 Å². The fraction of sp³-hybridized carbons (Fsp3) is 0.292. The van der Waals surface area contributed by atoms with Crippen LogP contribution in [0.15, 0.2) is 41.2 Å². The van der Waals surface area contributed by atoms with Gasteiger partial charge in [-0.25, -0.2) is 4.68 Å². The van der Waals surface area contributed by atoms with Crippen molar-refractivity contribution in [2.75, 3.05) is 5.32 Å². The molecule has 0 saturated heterocycles. The maximum Gasteiger partial charge on any atom is 0.276 e. The van der Waals surface area contributed by atoms with Gasteiger partial charge in [-0.3, -0.25) is 9.59 Å². The Kier molecular flexibility index (Phi) is 5.20. The molecule has 5 nitrogen and oxygen atoms in total. The van der Waals surface area contributed by atoms with Crippen LogP contribution >= 0.6 is 11.3 Å². The number of nitrogens with one attached hydrogen (secondary N) is 1. The zero-order chi connectivity index (χ0) is 21.6. The number of aromatic nitrogens is 2. The van der Waals surface area contributed by atoms with Gasteiger partial charge < -0.3 is 5.32 Å². The summed E-state index contributed by atoms with van der Waals surface area (Å²) in [5, 5.41) is 9.16. The average Bonchev–Trinajstić information content (AvgIpc) is 3.09. The van der Waals surface area contributed by atoms with Crippen LogP contribution in [0.25, 0.3) is 20.2 Å². The van der Waals surface area contributed by atoms with Crippen LogP contribution in [0.4, 0.5) is 5.69 Å². The summed E-state index contributed by atoms with van der Waals surface area (Å²) in [4.78, 5) is 26.6. The van der Waals surface area contributed by atoms with E-state index < -0.39 is 6.04 Å². The number of carbonyl (C=O) groups is 1. The van der Waals surface area contributed by atoms with Crippen molar-refractivity contribution in [1.82, 2.24) is 9.78 Å². The van der Waals surface area contributed by atoms with Crippen LogP contribution in [-0.4, -0.2) is 15.7 Å². The molecule has 0 aliphatic heterocycles. The van der Waals surface area contributed by atoms with Gasteiger partial charge in [0.05, 0.1) is 15.8 Å². The van der Waals surface area contributed by atoms with E-state index in [1.54, 1.807) is 11.3 Å². The van der Waals surface area contributed by atoms with Crippen molar-refractivity contribution in [1.29, 1.82) is 0 Å². The van der Waals surface area contributed by atoms with E-state index >= 15 is 0 Å². The summed E-state index contributed by atoms with van der Waals surface area (Å²) in [5.74, 6) is -0.222. The molecular weight excluding hydrogens is 394 g/mol. The number of nitrogens with zero attached hydrogens (tertiary/aromatic N) is 2. The summed E-state index contributed by atoms with van der Waals surface area (Å²) in [7, 11) is 0. The van der Waals surface area contributed by atoms with E-state index in [1.807, 2.05) is 71.0 Å². The zero-order valence-corrected chi connectivity index (χ0v) is 18.7. The second-order valence-corrected chi connectivity index (χ2v) is 8.88. The molecule has 2 aromatic heterocycles. The minimum atomic E-state index is -0.681. The van der Waals surface area contributed by atoms with Crippen LogP contribution in [-0.2, 0) is 4.79 Å². The lowest BCUT2D eigenvalue weighted by molar-refractivity contribution is -0.119. The normalized spacial score (nSPS) is 12.4. The molecule has 1 atom stereocenters. The molecule has 30 heavy (non-hydrogen) atoms. The fourth-order valence-electron chi connectivity index (χ4n) is 4.14. The van der Waals surface area contributed by atoms with Gasteiger partial charge in [-0.15, -0.1) is 11.3 Å². The number of aryl methyl sites for hydroxylation is 4. The summed E-state index contributed by atoms with van der Waals surface area (Å²) in [6.07, 6.45) is 0.468. The Balaban J connectivity index is 1.82. The van der Waals surface area contributed by atoms with Crippen molar-refractivity contribution >= 4 is 43.1 Å². The molecule has 0 aliphatic rings. The van der Waals surface area contributed by atoms with Gasteiger partial charge in [-0.05, 0) is 51.3 Å². The van der Waals surface area contributed by atoms with Gasteiger partial charge in [0.25, 0.3) is 5.56 Å². The fourth-order valence-corrected chi connectivity index (χ4v) is 5.28. The number of amides is 1. The lowest BCUT2D eigenvalue weighted by atomic mass is 10.0. The van der Waals surface area contributed by atoms with Crippen LogP contribution in [0.3, 0.4) is 0 Å². The van der Waals surface area contributed by atoms with Gasteiger partial charge in [-0.2, -0.15) is 5.10 Å². The van der Waals surface area contributed by atoms with E-state index in [0.29, 0.717) is 11.8 Å². The molecule has 1 unspecified atom stereocenters. The highest BCUT2D eigenvalue weighted by atomic mass is 32.1. The first kappa shape index (κ1) is 20.3. The largest absolute Gasteiger partial charge is 0.324 e. The van der Waals surface area contributed by atoms with Crippen LogP contribution in [0.5, 0.6) is 0 Å². The Bertz CT molecular complexity index is 1330. The van der Waals surface area contributed by atoms with Crippen molar-refractivity contribution in [3.05, 3.63) is 69.1 Å². The second-order valence-electron chi connectivity index (χ2n) is 7.82. The second kappa shape index (κ2) is 7.69. The number of anilines is 1. The Morgan fingerprint density at radius 1 is 1.13 bits per heavy atom. The van der Waals surface area contributed by atoms with Crippen molar-refractivity contribution in [2.24, 2.45) is 0 Å². The van der Waals surface area contributed by atoms with E-state index in [-0.39, 0.29) is 11.5 Å². The topological polar surface area (TPSA) is 64.0 Å². The molecule has 0 spiro atoms. The Morgan fingerprint density at radius 2 is 1.80 bits per heavy atom. The first-order valence-corrected chi connectivity index (χ1v) is 10.9. The van der Waals surface area contributed by atoms with E-state index in [0.717, 1.165) is 42.9 Å². The highest BCUT2D eigenvalue weighted by Gasteiger charge is 2.25. The Morgan fingerprint density at radius 3 is 2.47 bits per heavy atom. The van der Waals surface area contributed by atoms with Gasteiger partial charge in [-0.1, -0.05) is 42.8 Å². The summed E-state index contributed by atoms with van der Waals surface area (Å²) in [6.45, 7) is 9.79. The first-order chi connectivity index (χ1) is 14.3. The third-order valence-electron chi connectivity index (χ3n) is 5.51. The molecule has 6 heteroatoms. The van der Waals surface area contributed by atoms with Crippen LogP contribution in [0, 0.1) is 27.7 Å². The Labute approximate surface area is 179 Å². The monoisotopic (exact) mass is 419 g/mol. The third-order valence-corrected chi connectivity index (χ3v) is 6.79. The van der Waals surface area contributed by atoms with Crippen LogP contribution in [0.2, 0.25) is 0 Å². The molecule has 0 saturated carbocycles. The molecule has 2 heterocycles. The number of hydrogen-bond donors (Lipinski definition) is 1. The predicted molar refractivity (Wildman–Crippen MR) is 125 cm³/mol. The van der Waals surface area contributed by atoms with E-state index in [2.05, 4.69) is 10.4 Å². The highest BCUT2D eigenvalue weighted by molar-refractivity contribution is 7.26. The summed E-state index contributed by atoms with van der Waals surface area (Å²) < 4.78 is 3.30. The number of thiophene rings is 1. The number of rotatable bonds is 4. The Hall–Kier alpha value is -2.99. The lowest BCUT2D eigenvalue weighted by Crippen LogP contribution is -2.35. The van der Waals surface area contributed by atoms with E-state index in [4.69, 9.17) is 0 Å². The molecule has 0 bridgehead atoms. The molecule has 154 valence electrons. The third kappa shape index (κ3) is 3.31. The minimum Gasteiger partial charge on any atom is -0.324 e. The maximum absolute atomic E-state index is 13.4. The maximum atomic E-state index is 13.4. The van der Waals surface area contributed by atoms with Crippen molar-refractivity contribution < 1.29 is 4.79 Å². The standard InChI is InChI=1S/C24H25N3O2S/c1-6-18(23(28)25-21-14(3)11-13(2)12-15(21)4)27-24(29)20-17-9-7-8-10-19(17)30-22(20)16(5)26-27/h7-12,18H,6H2,1-5H3,(H,25,28). The quantitative estimate of drug-likeness (QED) is 0.479. The molecule has 4 rings (SSSR count). The molecule has 4 aromatic rings. The number of benzene rings is 2. The van der Waals surface area contributed by atoms with Crippen LogP contribution in [0.1, 0.15) is 41.8 Å². The van der Waals surface area contributed by atoms with Gasteiger partial charge in [0.1, 0.15) is 6.04 Å². The average molecular weight is 420 g/mol. The zero-order valence-electron chi connectivity index (χ0n) is 17.9. The smallest absolute Gasteiger partial charge is 0.276 e. The summed E-state index contributed by atoms with van der Waals surface area (Å²) >= 11 is 1.57. The minimum absolute atomic E-state index is 0.215. The van der Waals surface area contributed by atoms with Crippen molar-refractivity contribution in [2.45, 2.75) is 47.1 Å². The van der Waals surface area contributed by atoms with Crippen molar-refractivity contribution in [3.8, 4) is 0 Å². The number of hydrogen-bond acceptors (Lipinski definition) is 4. The molecule has 2 aromatic carbocycles. The number of fused-ring (bicyclic) bond motifs is 3. The molecule has 0 radical (unpaired) electrons. The summed E-state index contributed by atoms with van der Waals surface area (Å²) in [5.41, 5.74) is 4.51. The SMILES string of the molecule is CCC(C(=O)Nc1c(C)cc(C)cc1C)n1nc(C)c2sc3ccccc3c2c1=O. The molecule has 0 aliphatic carbocycles. The van der Waals surface area contributed by atoms with Crippen molar-refractivity contribution in [3.63, 3.8) is 0 Å². The number of carbonyl (C=O) groups excluding carboxylic acids is 1. The predicted octanol–water partition coefficient (Wildman–Crippen LogP) is 5.43. The molecular formula is C24H25N3O2S. The molecule has 1 amide bonds. The van der Waals surface area contributed by atoms with Gasteiger partial charge in [0, 0.05) is 15.8 Å². The van der Waals surface area contributed by atoms with Gasteiger partial charge >= 0.3 is 0 Å².